The smallest absolute Gasteiger partial charge is 0.408 e. The predicted molar refractivity (Wildman–Crippen MR) is 64.6 cm³/mol. The summed E-state index contributed by atoms with van der Waals surface area (Å²) in [4.78, 5) is 21.6. The molecule has 1 aromatic rings. The van der Waals surface area contributed by atoms with Gasteiger partial charge in [-0.05, 0) is 12.0 Å². The summed E-state index contributed by atoms with van der Waals surface area (Å²) in [6, 6.07) is 9.21. The fourth-order valence-corrected chi connectivity index (χ4v) is 1.27. The molecule has 1 unspecified atom stereocenters. The number of carbonyl (C=O) groups is 2. The van der Waals surface area contributed by atoms with Gasteiger partial charge in [0.15, 0.2) is 0 Å². The van der Waals surface area contributed by atoms with Crippen LogP contribution in [-0.2, 0) is 16.1 Å². The van der Waals surface area contributed by atoms with Gasteiger partial charge in [-0.1, -0.05) is 30.3 Å². The molecule has 0 saturated heterocycles. The topological polar surface area (TPSA) is 102 Å². The highest BCUT2D eigenvalue weighted by atomic mass is 16.5. The largest absolute Gasteiger partial charge is 0.481 e. The average molecular weight is 252 g/mol. The first-order chi connectivity index (χ1) is 8.58. The molecule has 0 saturated carbocycles. The van der Waals surface area contributed by atoms with Crippen LogP contribution in [0.3, 0.4) is 0 Å². The maximum Gasteiger partial charge on any atom is 0.408 e. The highest BCUT2D eigenvalue weighted by Gasteiger charge is 2.10. The van der Waals surface area contributed by atoms with Crippen LogP contribution in [0, 0.1) is 0 Å². The summed E-state index contributed by atoms with van der Waals surface area (Å²) in [5.41, 5.74) is 6.38. The van der Waals surface area contributed by atoms with E-state index >= 15 is 0 Å². The molecule has 0 aromatic heterocycles. The molecular weight excluding hydrogens is 236 g/mol. The first-order valence-electron chi connectivity index (χ1n) is 5.52. The lowest BCUT2D eigenvalue weighted by Crippen LogP contribution is -2.41. The van der Waals surface area contributed by atoms with Crippen molar-refractivity contribution in [2.45, 2.75) is 25.6 Å². The Morgan fingerprint density at radius 1 is 1.33 bits per heavy atom. The van der Waals surface area contributed by atoms with Crippen molar-refractivity contribution in [2.24, 2.45) is 5.73 Å². The second-order valence-corrected chi connectivity index (χ2v) is 3.74. The zero-order valence-corrected chi connectivity index (χ0v) is 9.83. The fourth-order valence-electron chi connectivity index (χ4n) is 1.27. The Kier molecular flexibility index (Phi) is 5.66. The summed E-state index contributed by atoms with van der Waals surface area (Å²) >= 11 is 0. The third kappa shape index (κ3) is 5.86. The van der Waals surface area contributed by atoms with Crippen LogP contribution in [0.2, 0.25) is 0 Å². The molecule has 0 radical (unpaired) electrons. The Morgan fingerprint density at radius 2 is 2.00 bits per heavy atom. The maximum atomic E-state index is 11.3. The van der Waals surface area contributed by atoms with Crippen molar-refractivity contribution in [1.82, 2.24) is 5.32 Å². The van der Waals surface area contributed by atoms with Gasteiger partial charge in [0.1, 0.15) is 6.61 Å². The van der Waals surface area contributed by atoms with E-state index in [4.69, 9.17) is 15.6 Å². The van der Waals surface area contributed by atoms with Crippen molar-refractivity contribution < 1.29 is 19.4 Å². The van der Waals surface area contributed by atoms with Crippen LogP contribution in [0.25, 0.3) is 0 Å². The molecule has 0 spiro atoms. The number of carbonyl (C=O) groups excluding carboxylic acids is 1. The first kappa shape index (κ1) is 14.0. The third-order valence-electron chi connectivity index (χ3n) is 2.19. The molecule has 1 rings (SSSR count). The molecule has 1 aromatic carbocycles. The number of alkyl carbamates (subject to hydrolysis) is 1. The standard InChI is InChI=1S/C12H16N2O4/c13-10(6-7-11(15)16)14-12(17)18-8-9-4-2-1-3-5-9/h1-5,10H,6-8,13H2,(H,14,17)(H,15,16). The quantitative estimate of drug-likeness (QED) is 0.657. The van der Waals surface area contributed by atoms with Gasteiger partial charge >= 0.3 is 12.1 Å². The number of hydrogen-bond acceptors (Lipinski definition) is 4. The molecule has 1 atom stereocenters. The lowest BCUT2D eigenvalue weighted by Gasteiger charge is -2.12. The van der Waals surface area contributed by atoms with Gasteiger partial charge in [0, 0.05) is 6.42 Å². The molecule has 0 heterocycles. The number of nitrogens with one attached hydrogen (secondary N) is 1. The molecular formula is C12H16N2O4. The van der Waals surface area contributed by atoms with E-state index in [-0.39, 0.29) is 19.4 Å². The van der Waals surface area contributed by atoms with Crippen LogP contribution in [-0.4, -0.2) is 23.3 Å². The van der Waals surface area contributed by atoms with Crippen LogP contribution in [0.15, 0.2) is 30.3 Å². The number of carboxylic acid groups (broad SMARTS) is 1. The molecule has 0 aliphatic carbocycles. The Bertz CT molecular complexity index is 394. The number of hydrogen-bond donors (Lipinski definition) is 3. The lowest BCUT2D eigenvalue weighted by molar-refractivity contribution is -0.137. The summed E-state index contributed by atoms with van der Waals surface area (Å²) < 4.78 is 4.93. The van der Waals surface area contributed by atoms with Crippen molar-refractivity contribution in [2.75, 3.05) is 0 Å². The summed E-state index contributed by atoms with van der Waals surface area (Å²) in [6.07, 6.45) is -1.31. The van der Waals surface area contributed by atoms with Crippen LogP contribution < -0.4 is 11.1 Å². The van der Waals surface area contributed by atoms with Crippen LogP contribution in [0.1, 0.15) is 18.4 Å². The number of benzene rings is 1. The Hall–Kier alpha value is -2.08. The zero-order chi connectivity index (χ0) is 13.4. The number of nitrogens with two attached hydrogens (primary N) is 1. The molecule has 6 heteroatoms. The number of rotatable bonds is 6. The fraction of sp³-hybridized carbons (Fsp3) is 0.333. The van der Waals surface area contributed by atoms with E-state index in [0.29, 0.717) is 0 Å². The minimum Gasteiger partial charge on any atom is -0.481 e. The van der Waals surface area contributed by atoms with Crippen molar-refractivity contribution in [3.63, 3.8) is 0 Å². The van der Waals surface area contributed by atoms with E-state index in [9.17, 15) is 9.59 Å². The van der Waals surface area contributed by atoms with Crippen LogP contribution in [0.5, 0.6) is 0 Å². The Morgan fingerprint density at radius 3 is 2.61 bits per heavy atom. The minimum absolute atomic E-state index is 0.0971. The molecule has 0 fully saturated rings. The first-order valence-corrected chi connectivity index (χ1v) is 5.52. The van der Waals surface area contributed by atoms with Crippen molar-refractivity contribution >= 4 is 12.1 Å². The molecule has 0 aliphatic rings. The van der Waals surface area contributed by atoms with E-state index in [1.807, 2.05) is 30.3 Å². The summed E-state index contributed by atoms with van der Waals surface area (Å²) in [5.74, 6) is -0.954. The van der Waals surface area contributed by atoms with Crippen LogP contribution >= 0.6 is 0 Å². The van der Waals surface area contributed by atoms with Gasteiger partial charge in [-0.3, -0.25) is 4.79 Å². The van der Waals surface area contributed by atoms with Gasteiger partial charge in [0.2, 0.25) is 0 Å². The van der Waals surface area contributed by atoms with Crippen LogP contribution in [0.4, 0.5) is 4.79 Å². The molecule has 6 nitrogen and oxygen atoms in total. The lowest BCUT2D eigenvalue weighted by atomic mass is 10.2. The zero-order valence-electron chi connectivity index (χ0n) is 9.83. The minimum atomic E-state index is -0.954. The highest BCUT2D eigenvalue weighted by molar-refractivity contribution is 5.68. The molecule has 0 bridgehead atoms. The van der Waals surface area contributed by atoms with E-state index in [1.54, 1.807) is 0 Å². The molecule has 4 N–H and O–H groups in total. The van der Waals surface area contributed by atoms with Gasteiger partial charge in [0.25, 0.3) is 0 Å². The van der Waals surface area contributed by atoms with Gasteiger partial charge < -0.3 is 20.9 Å². The normalized spacial score (nSPS) is 11.6. The Labute approximate surface area is 105 Å². The molecule has 0 aliphatic heterocycles. The number of aliphatic carboxylic acids is 1. The number of amides is 1. The SMILES string of the molecule is NC(CCC(=O)O)NC(=O)OCc1ccccc1. The molecule has 1 amide bonds. The average Bonchev–Trinajstić information content (AvgIpc) is 2.35. The predicted octanol–water partition coefficient (Wildman–Crippen LogP) is 1.06. The number of ether oxygens (including phenoxy) is 1. The van der Waals surface area contributed by atoms with Gasteiger partial charge in [-0.15, -0.1) is 0 Å². The van der Waals surface area contributed by atoms with E-state index in [1.165, 1.54) is 0 Å². The number of carboxylic acids is 1. The summed E-state index contributed by atoms with van der Waals surface area (Å²) in [6.45, 7) is 0.151. The van der Waals surface area contributed by atoms with Gasteiger partial charge in [0.05, 0.1) is 6.17 Å². The second-order valence-electron chi connectivity index (χ2n) is 3.74. The van der Waals surface area contributed by atoms with Crippen molar-refractivity contribution in [3.8, 4) is 0 Å². The molecule has 18 heavy (non-hydrogen) atoms. The van der Waals surface area contributed by atoms with Gasteiger partial charge in [-0.25, -0.2) is 4.79 Å². The van der Waals surface area contributed by atoms with Gasteiger partial charge in [-0.2, -0.15) is 0 Å². The van der Waals surface area contributed by atoms with E-state index in [0.717, 1.165) is 5.56 Å². The summed E-state index contributed by atoms with van der Waals surface area (Å²) in [5, 5.41) is 10.8. The third-order valence-corrected chi connectivity index (χ3v) is 2.19. The second kappa shape index (κ2) is 7.29. The summed E-state index contributed by atoms with van der Waals surface area (Å²) in [7, 11) is 0. The van der Waals surface area contributed by atoms with Crippen molar-refractivity contribution in [1.29, 1.82) is 0 Å². The van der Waals surface area contributed by atoms with E-state index < -0.39 is 18.2 Å². The highest BCUT2D eigenvalue weighted by Crippen LogP contribution is 2.01. The molecule has 98 valence electrons. The Balaban J connectivity index is 2.23. The van der Waals surface area contributed by atoms with Crippen molar-refractivity contribution in [3.05, 3.63) is 35.9 Å². The monoisotopic (exact) mass is 252 g/mol. The maximum absolute atomic E-state index is 11.3. The van der Waals surface area contributed by atoms with E-state index in [2.05, 4.69) is 5.32 Å².